The lowest BCUT2D eigenvalue weighted by atomic mass is 10.0. The Morgan fingerprint density at radius 3 is 2.18 bits per heavy atom. The van der Waals surface area contributed by atoms with Crippen LogP contribution in [0, 0.1) is 0 Å². The van der Waals surface area contributed by atoms with E-state index in [1.54, 1.807) is 36.4 Å². The number of rotatable bonds is 9. The number of anilines is 1. The van der Waals surface area contributed by atoms with Crippen molar-refractivity contribution < 1.29 is 23.1 Å². The van der Waals surface area contributed by atoms with Gasteiger partial charge in [0.1, 0.15) is 6.04 Å². The summed E-state index contributed by atoms with van der Waals surface area (Å²) in [5.41, 5.74) is 3.04. The first-order valence-corrected chi connectivity index (χ1v) is 12.2. The van der Waals surface area contributed by atoms with E-state index < -0.39 is 22.0 Å². The highest BCUT2D eigenvalue weighted by atomic mass is 32.2. The number of carbonyl (C=O) groups excluding carboxylic acids is 1. The van der Waals surface area contributed by atoms with Gasteiger partial charge in [-0.25, -0.2) is 13.2 Å². The van der Waals surface area contributed by atoms with Gasteiger partial charge in [-0.05, 0) is 61.2 Å². The fourth-order valence-electron chi connectivity index (χ4n) is 3.31. The van der Waals surface area contributed by atoms with Crippen molar-refractivity contribution in [1.29, 1.82) is 0 Å². The van der Waals surface area contributed by atoms with Gasteiger partial charge in [-0.15, -0.1) is 0 Å². The van der Waals surface area contributed by atoms with Crippen LogP contribution >= 0.6 is 0 Å². The minimum absolute atomic E-state index is 0.00663. The standard InChI is InChI=1S/C25H27N3O5S/c1-17(2)26-25(31)27-21-8-6-7-20(16-21)19-13-11-18(12-14-19)15-23(24(29)30)28-34(32,33)22-9-4-3-5-10-22/h3-14,16-17,23,28H,15H2,1-2H3,(H,29,30)(H2,26,27,31). The van der Waals surface area contributed by atoms with E-state index in [9.17, 15) is 23.1 Å². The molecule has 0 radical (unpaired) electrons. The number of carboxylic acid groups (broad SMARTS) is 1. The maximum Gasteiger partial charge on any atom is 0.322 e. The summed E-state index contributed by atoms with van der Waals surface area (Å²) in [7, 11) is -3.97. The summed E-state index contributed by atoms with van der Waals surface area (Å²) in [6, 6.07) is 20.6. The predicted octanol–water partition coefficient (Wildman–Crippen LogP) is 3.86. The highest BCUT2D eigenvalue weighted by Gasteiger charge is 2.25. The Kier molecular flexibility index (Phi) is 8.04. The molecule has 0 bridgehead atoms. The van der Waals surface area contributed by atoms with Crippen molar-refractivity contribution >= 4 is 27.7 Å². The van der Waals surface area contributed by atoms with Crippen LogP contribution in [0.2, 0.25) is 0 Å². The molecule has 8 nitrogen and oxygen atoms in total. The molecule has 9 heteroatoms. The number of carboxylic acids is 1. The van der Waals surface area contributed by atoms with Gasteiger partial charge in [0, 0.05) is 11.7 Å². The van der Waals surface area contributed by atoms with E-state index in [-0.39, 0.29) is 23.4 Å². The third-order valence-corrected chi connectivity index (χ3v) is 6.40. The van der Waals surface area contributed by atoms with Crippen LogP contribution in [0.5, 0.6) is 0 Å². The molecule has 3 rings (SSSR count). The third kappa shape index (κ3) is 6.90. The molecule has 3 aromatic carbocycles. The van der Waals surface area contributed by atoms with Crippen molar-refractivity contribution in [3.05, 3.63) is 84.4 Å². The molecular formula is C25H27N3O5S. The molecule has 0 aliphatic carbocycles. The van der Waals surface area contributed by atoms with Crippen LogP contribution in [-0.2, 0) is 21.2 Å². The first-order chi connectivity index (χ1) is 16.1. The Hall–Kier alpha value is -3.69. The second kappa shape index (κ2) is 11.0. The number of benzene rings is 3. The number of aliphatic carboxylic acids is 1. The zero-order valence-electron chi connectivity index (χ0n) is 18.9. The van der Waals surface area contributed by atoms with E-state index in [1.165, 1.54) is 12.1 Å². The van der Waals surface area contributed by atoms with Gasteiger partial charge in [0.25, 0.3) is 0 Å². The van der Waals surface area contributed by atoms with Crippen LogP contribution in [0.25, 0.3) is 11.1 Å². The molecule has 34 heavy (non-hydrogen) atoms. The van der Waals surface area contributed by atoms with Crippen LogP contribution in [0.1, 0.15) is 19.4 Å². The van der Waals surface area contributed by atoms with E-state index in [4.69, 9.17) is 0 Å². The maximum atomic E-state index is 12.5. The van der Waals surface area contributed by atoms with Gasteiger partial charge in [0.15, 0.2) is 0 Å². The van der Waals surface area contributed by atoms with Gasteiger partial charge in [0.05, 0.1) is 4.90 Å². The Morgan fingerprint density at radius 2 is 1.56 bits per heavy atom. The van der Waals surface area contributed by atoms with Crippen LogP contribution in [0.3, 0.4) is 0 Å². The molecule has 0 fully saturated rings. The zero-order chi connectivity index (χ0) is 24.7. The number of nitrogens with one attached hydrogen (secondary N) is 3. The molecular weight excluding hydrogens is 454 g/mol. The average Bonchev–Trinajstić information content (AvgIpc) is 2.79. The van der Waals surface area contributed by atoms with Crippen molar-refractivity contribution in [2.24, 2.45) is 0 Å². The minimum atomic E-state index is -3.97. The van der Waals surface area contributed by atoms with Gasteiger partial charge >= 0.3 is 12.0 Å². The van der Waals surface area contributed by atoms with E-state index in [1.807, 2.05) is 44.2 Å². The van der Waals surface area contributed by atoms with Crippen LogP contribution in [0.4, 0.5) is 10.5 Å². The SMILES string of the molecule is CC(C)NC(=O)Nc1cccc(-c2ccc(CC(NS(=O)(=O)c3ccccc3)C(=O)O)cc2)c1. The minimum Gasteiger partial charge on any atom is -0.480 e. The van der Waals surface area contributed by atoms with Crippen molar-refractivity contribution in [3.8, 4) is 11.1 Å². The Labute approximate surface area is 199 Å². The molecule has 0 aliphatic heterocycles. The molecule has 4 N–H and O–H groups in total. The van der Waals surface area contributed by atoms with E-state index in [0.29, 0.717) is 11.3 Å². The van der Waals surface area contributed by atoms with Gasteiger partial charge in [0.2, 0.25) is 10.0 Å². The van der Waals surface area contributed by atoms with E-state index in [0.717, 1.165) is 11.1 Å². The molecule has 1 unspecified atom stereocenters. The van der Waals surface area contributed by atoms with E-state index in [2.05, 4.69) is 15.4 Å². The fourth-order valence-corrected chi connectivity index (χ4v) is 4.52. The zero-order valence-corrected chi connectivity index (χ0v) is 19.7. The number of hydrogen-bond donors (Lipinski definition) is 4. The van der Waals surface area contributed by atoms with Gasteiger partial charge in [-0.2, -0.15) is 4.72 Å². The van der Waals surface area contributed by atoms with Crippen molar-refractivity contribution in [3.63, 3.8) is 0 Å². The summed E-state index contributed by atoms with van der Waals surface area (Å²) in [6.07, 6.45) is -0.0152. The fraction of sp³-hybridized carbons (Fsp3) is 0.200. The van der Waals surface area contributed by atoms with Crippen molar-refractivity contribution in [2.75, 3.05) is 5.32 Å². The van der Waals surface area contributed by atoms with Crippen molar-refractivity contribution in [2.45, 2.75) is 37.2 Å². The summed E-state index contributed by atoms with van der Waals surface area (Å²) < 4.78 is 27.3. The summed E-state index contributed by atoms with van der Waals surface area (Å²) >= 11 is 0. The molecule has 0 aromatic heterocycles. The quantitative estimate of drug-likeness (QED) is 0.369. The van der Waals surface area contributed by atoms with E-state index >= 15 is 0 Å². The summed E-state index contributed by atoms with van der Waals surface area (Å²) in [5, 5.41) is 15.1. The Bertz CT molecular complexity index is 1240. The lowest BCUT2D eigenvalue weighted by Gasteiger charge is -2.15. The number of hydrogen-bond acceptors (Lipinski definition) is 4. The first kappa shape index (κ1) is 24.9. The molecule has 0 heterocycles. The summed E-state index contributed by atoms with van der Waals surface area (Å²) in [5.74, 6) is -1.26. The summed E-state index contributed by atoms with van der Waals surface area (Å²) in [6.45, 7) is 3.75. The maximum absolute atomic E-state index is 12.5. The number of urea groups is 1. The van der Waals surface area contributed by atoms with Crippen LogP contribution < -0.4 is 15.4 Å². The second-order valence-electron chi connectivity index (χ2n) is 8.06. The third-order valence-electron chi connectivity index (χ3n) is 4.92. The lowest BCUT2D eigenvalue weighted by molar-refractivity contribution is -0.138. The topological polar surface area (TPSA) is 125 Å². The summed E-state index contributed by atoms with van der Waals surface area (Å²) in [4.78, 5) is 23.7. The smallest absolute Gasteiger partial charge is 0.322 e. The highest BCUT2D eigenvalue weighted by molar-refractivity contribution is 7.89. The molecule has 0 aliphatic rings. The molecule has 0 saturated carbocycles. The van der Waals surface area contributed by atoms with Crippen LogP contribution in [0.15, 0.2) is 83.8 Å². The van der Waals surface area contributed by atoms with Gasteiger partial charge in [-0.1, -0.05) is 54.6 Å². The first-order valence-electron chi connectivity index (χ1n) is 10.7. The van der Waals surface area contributed by atoms with Crippen molar-refractivity contribution in [1.82, 2.24) is 10.0 Å². The largest absolute Gasteiger partial charge is 0.480 e. The molecule has 0 spiro atoms. The molecule has 1 atom stereocenters. The molecule has 178 valence electrons. The Morgan fingerprint density at radius 1 is 0.882 bits per heavy atom. The monoisotopic (exact) mass is 481 g/mol. The van der Waals surface area contributed by atoms with Gasteiger partial charge in [-0.3, -0.25) is 4.79 Å². The molecule has 3 aromatic rings. The molecule has 0 saturated heterocycles. The van der Waals surface area contributed by atoms with Gasteiger partial charge < -0.3 is 15.7 Å². The normalized spacial score (nSPS) is 12.2. The average molecular weight is 482 g/mol. The number of carbonyl (C=O) groups is 2. The number of amides is 2. The Balaban J connectivity index is 1.71. The number of sulfonamides is 1. The second-order valence-corrected chi connectivity index (χ2v) is 9.77. The lowest BCUT2D eigenvalue weighted by Crippen LogP contribution is -2.42. The van der Waals surface area contributed by atoms with Crippen LogP contribution in [-0.4, -0.2) is 37.6 Å². The predicted molar refractivity (Wildman–Crippen MR) is 131 cm³/mol. The highest BCUT2D eigenvalue weighted by Crippen LogP contribution is 2.23. The molecule has 2 amide bonds.